The molecule has 0 radical (unpaired) electrons. The van der Waals surface area contributed by atoms with E-state index in [1.807, 2.05) is 0 Å². The lowest BCUT2D eigenvalue weighted by molar-refractivity contribution is -0.134. The Kier molecular flexibility index (Phi) is 3.79. The second-order valence-electron chi connectivity index (χ2n) is 5.58. The van der Waals surface area contributed by atoms with Crippen LogP contribution in [0.1, 0.15) is 18.5 Å². The van der Waals surface area contributed by atoms with Crippen molar-refractivity contribution in [3.63, 3.8) is 0 Å². The van der Waals surface area contributed by atoms with Crippen LogP contribution in [0.25, 0.3) is 5.65 Å². The SMILES string of the molecule is NC(=O)C1CCN(C(=O)Cc2cn3cc(F)ccc3n2)CC1. The first-order valence-electron chi connectivity index (χ1n) is 7.23. The molecule has 0 aliphatic carbocycles. The number of nitrogens with zero attached hydrogens (tertiary/aromatic N) is 3. The quantitative estimate of drug-likeness (QED) is 0.908. The highest BCUT2D eigenvalue weighted by Crippen LogP contribution is 2.17. The summed E-state index contributed by atoms with van der Waals surface area (Å²) in [6.45, 7) is 1.07. The molecule has 0 aromatic carbocycles. The molecule has 0 atom stereocenters. The van der Waals surface area contributed by atoms with E-state index in [4.69, 9.17) is 5.73 Å². The van der Waals surface area contributed by atoms with Crippen LogP contribution in [0.3, 0.4) is 0 Å². The molecule has 2 aromatic heterocycles. The summed E-state index contributed by atoms with van der Waals surface area (Å²) in [5.74, 6) is -0.820. The number of piperidine rings is 1. The lowest BCUT2D eigenvalue weighted by atomic mass is 9.96. The first-order valence-corrected chi connectivity index (χ1v) is 7.23. The predicted octanol–water partition coefficient (Wildman–Crippen LogP) is 0.740. The fraction of sp³-hybridized carbons (Fsp3) is 0.400. The minimum atomic E-state index is -0.351. The smallest absolute Gasteiger partial charge is 0.228 e. The van der Waals surface area contributed by atoms with Crippen LogP contribution < -0.4 is 5.73 Å². The van der Waals surface area contributed by atoms with Gasteiger partial charge in [-0.1, -0.05) is 0 Å². The predicted molar refractivity (Wildman–Crippen MR) is 77.4 cm³/mol. The summed E-state index contributed by atoms with van der Waals surface area (Å²) >= 11 is 0. The maximum Gasteiger partial charge on any atom is 0.228 e. The number of hydrogen-bond donors (Lipinski definition) is 1. The number of carbonyl (C=O) groups is 2. The van der Waals surface area contributed by atoms with Gasteiger partial charge in [0.1, 0.15) is 11.5 Å². The zero-order valence-corrected chi connectivity index (χ0v) is 12.0. The van der Waals surface area contributed by atoms with Gasteiger partial charge in [-0.2, -0.15) is 0 Å². The molecule has 6 nitrogen and oxygen atoms in total. The Morgan fingerprint density at radius 2 is 2.00 bits per heavy atom. The van der Waals surface area contributed by atoms with Gasteiger partial charge in [-0.15, -0.1) is 0 Å². The van der Waals surface area contributed by atoms with Gasteiger partial charge in [-0.05, 0) is 25.0 Å². The molecule has 22 heavy (non-hydrogen) atoms. The number of pyridine rings is 1. The molecule has 3 rings (SSSR count). The van der Waals surface area contributed by atoms with E-state index >= 15 is 0 Å². The van der Waals surface area contributed by atoms with Crippen molar-refractivity contribution in [2.24, 2.45) is 11.7 Å². The molecule has 0 bridgehead atoms. The summed E-state index contributed by atoms with van der Waals surface area (Å²) in [6.07, 6.45) is 4.38. The van der Waals surface area contributed by atoms with Gasteiger partial charge in [0.05, 0.1) is 12.1 Å². The van der Waals surface area contributed by atoms with E-state index in [-0.39, 0.29) is 30.0 Å². The van der Waals surface area contributed by atoms with Crippen molar-refractivity contribution in [3.8, 4) is 0 Å². The van der Waals surface area contributed by atoms with Crippen LogP contribution in [0.5, 0.6) is 0 Å². The number of amides is 2. The Hall–Kier alpha value is -2.44. The number of nitrogens with two attached hydrogens (primary N) is 1. The number of halogens is 1. The second-order valence-corrected chi connectivity index (χ2v) is 5.58. The third-order valence-electron chi connectivity index (χ3n) is 4.05. The van der Waals surface area contributed by atoms with Crippen molar-refractivity contribution in [2.45, 2.75) is 19.3 Å². The Morgan fingerprint density at radius 3 is 2.68 bits per heavy atom. The van der Waals surface area contributed by atoms with Gasteiger partial charge in [0.2, 0.25) is 11.8 Å². The van der Waals surface area contributed by atoms with E-state index in [0.717, 1.165) is 0 Å². The minimum absolute atomic E-state index is 0.0354. The van der Waals surface area contributed by atoms with Crippen molar-refractivity contribution in [2.75, 3.05) is 13.1 Å². The number of rotatable bonds is 3. The molecule has 2 aromatic rings. The molecular weight excluding hydrogens is 287 g/mol. The molecule has 2 amide bonds. The molecule has 1 aliphatic rings. The van der Waals surface area contributed by atoms with Crippen LogP contribution in [0.15, 0.2) is 24.5 Å². The highest BCUT2D eigenvalue weighted by molar-refractivity contribution is 5.80. The molecule has 1 fully saturated rings. The lowest BCUT2D eigenvalue weighted by Crippen LogP contribution is -2.42. The average molecular weight is 304 g/mol. The maximum atomic E-state index is 13.1. The molecule has 0 unspecified atom stereocenters. The summed E-state index contributed by atoms with van der Waals surface area (Å²) in [7, 11) is 0. The zero-order chi connectivity index (χ0) is 15.7. The molecular formula is C15H17FN4O2. The molecule has 1 saturated heterocycles. The van der Waals surface area contributed by atoms with Crippen LogP contribution in [0, 0.1) is 11.7 Å². The molecule has 1 aliphatic heterocycles. The number of hydrogen-bond acceptors (Lipinski definition) is 3. The van der Waals surface area contributed by atoms with Gasteiger partial charge < -0.3 is 15.0 Å². The summed E-state index contributed by atoms with van der Waals surface area (Å²) in [4.78, 5) is 29.4. The first kappa shape index (κ1) is 14.5. The number of primary amides is 1. The number of likely N-dealkylation sites (tertiary alicyclic amines) is 1. The third kappa shape index (κ3) is 2.93. The van der Waals surface area contributed by atoms with Gasteiger partial charge in [-0.3, -0.25) is 9.59 Å². The van der Waals surface area contributed by atoms with Crippen LogP contribution in [-0.4, -0.2) is 39.2 Å². The van der Waals surface area contributed by atoms with E-state index < -0.39 is 0 Å². The molecule has 7 heteroatoms. The molecule has 3 heterocycles. The topological polar surface area (TPSA) is 80.7 Å². The van der Waals surface area contributed by atoms with Gasteiger partial charge in [0.15, 0.2) is 0 Å². The number of carbonyl (C=O) groups excluding carboxylic acids is 2. The Balaban J connectivity index is 1.65. The van der Waals surface area contributed by atoms with Crippen LogP contribution in [0.4, 0.5) is 4.39 Å². The van der Waals surface area contributed by atoms with Crippen LogP contribution in [0.2, 0.25) is 0 Å². The number of aromatic nitrogens is 2. The number of fused-ring (bicyclic) bond motifs is 1. The van der Waals surface area contributed by atoms with E-state index in [2.05, 4.69) is 4.98 Å². The van der Waals surface area contributed by atoms with Crippen LogP contribution in [-0.2, 0) is 16.0 Å². The fourth-order valence-electron chi connectivity index (χ4n) is 2.78. The largest absolute Gasteiger partial charge is 0.369 e. The minimum Gasteiger partial charge on any atom is -0.369 e. The maximum absolute atomic E-state index is 13.1. The summed E-state index contributed by atoms with van der Waals surface area (Å²) in [5.41, 5.74) is 6.49. The average Bonchev–Trinajstić information content (AvgIpc) is 2.88. The molecule has 116 valence electrons. The monoisotopic (exact) mass is 304 g/mol. The van der Waals surface area contributed by atoms with Crippen LogP contribution >= 0.6 is 0 Å². The summed E-state index contributed by atoms with van der Waals surface area (Å²) < 4.78 is 14.7. The third-order valence-corrected chi connectivity index (χ3v) is 4.05. The van der Waals surface area contributed by atoms with Crippen molar-refractivity contribution in [1.29, 1.82) is 0 Å². The van der Waals surface area contributed by atoms with Crippen molar-refractivity contribution in [1.82, 2.24) is 14.3 Å². The van der Waals surface area contributed by atoms with Gasteiger partial charge in [0.25, 0.3) is 0 Å². The van der Waals surface area contributed by atoms with E-state index in [9.17, 15) is 14.0 Å². The van der Waals surface area contributed by atoms with Gasteiger partial charge in [-0.25, -0.2) is 9.37 Å². The highest BCUT2D eigenvalue weighted by atomic mass is 19.1. The Morgan fingerprint density at radius 1 is 1.27 bits per heavy atom. The van der Waals surface area contributed by atoms with Crippen molar-refractivity contribution < 1.29 is 14.0 Å². The van der Waals surface area contributed by atoms with E-state index in [0.29, 0.717) is 37.3 Å². The molecule has 2 N–H and O–H groups in total. The first-order chi connectivity index (χ1) is 10.5. The number of imidazole rings is 1. The molecule has 0 spiro atoms. The Bertz CT molecular complexity index is 719. The van der Waals surface area contributed by atoms with Gasteiger partial charge in [0, 0.05) is 31.4 Å². The zero-order valence-electron chi connectivity index (χ0n) is 12.0. The highest BCUT2D eigenvalue weighted by Gasteiger charge is 2.26. The summed E-state index contributed by atoms with van der Waals surface area (Å²) in [5, 5.41) is 0. The van der Waals surface area contributed by atoms with E-state index in [1.54, 1.807) is 21.6 Å². The Labute approximate surface area is 126 Å². The van der Waals surface area contributed by atoms with Gasteiger partial charge >= 0.3 is 0 Å². The van der Waals surface area contributed by atoms with E-state index in [1.165, 1.54) is 12.3 Å². The second kappa shape index (κ2) is 5.75. The lowest BCUT2D eigenvalue weighted by Gasteiger charge is -2.30. The van der Waals surface area contributed by atoms with Crippen molar-refractivity contribution in [3.05, 3.63) is 36.0 Å². The fourth-order valence-corrected chi connectivity index (χ4v) is 2.78. The standard InChI is InChI=1S/C15H17FN4O2/c16-11-1-2-13-18-12(9-20(13)8-11)7-14(21)19-5-3-10(4-6-19)15(17)22/h1-2,8-10H,3-7H2,(H2,17,22). The summed E-state index contributed by atoms with van der Waals surface area (Å²) in [6, 6.07) is 2.91. The van der Waals surface area contributed by atoms with Crippen molar-refractivity contribution >= 4 is 17.5 Å². The normalized spacial score (nSPS) is 16.1. The molecule has 0 saturated carbocycles.